The number of hydrogen-bond acceptors (Lipinski definition) is 3. The molecule has 0 bridgehead atoms. The molecule has 4 nitrogen and oxygen atoms in total. The van der Waals surface area contributed by atoms with Crippen molar-refractivity contribution in [1.29, 1.82) is 0 Å². The van der Waals surface area contributed by atoms with Gasteiger partial charge in [0.15, 0.2) is 0 Å². The van der Waals surface area contributed by atoms with Gasteiger partial charge in [-0.2, -0.15) is 0 Å². The molecule has 0 atom stereocenters. The fraction of sp³-hybridized carbons (Fsp3) is 0.818. The van der Waals surface area contributed by atoms with Gasteiger partial charge in [-0.25, -0.2) is 4.79 Å². The summed E-state index contributed by atoms with van der Waals surface area (Å²) in [4.78, 5) is 21.7. The summed E-state index contributed by atoms with van der Waals surface area (Å²) in [6.45, 7) is 2.69. The van der Waals surface area contributed by atoms with Crippen molar-refractivity contribution >= 4 is 11.9 Å². The summed E-state index contributed by atoms with van der Waals surface area (Å²) in [5.41, 5.74) is 4.90. The molecule has 0 saturated carbocycles. The van der Waals surface area contributed by atoms with Crippen LogP contribution in [0, 0.1) is 0 Å². The molecule has 0 fully saturated rings. The first-order valence-electron chi connectivity index (χ1n) is 10.8. The van der Waals surface area contributed by atoms with Crippen LogP contribution in [0.5, 0.6) is 0 Å². The predicted molar refractivity (Wildman–Crippen MR) is 109 cm³/mol. The standard InChI is InChI=1S/C22H41NO3/c1-2-3-4-5-6-7-8-9-10-11-12-13-14-15-16-17-20-26-22(25)19-18-21(23)24/h18-19H,2-17,20H2,1H3,(H2,23,24)/b19-18-. The number of esters is 1. The van der Waals surface area contributed by atoms with Gasteiger partial charge in [0.25, 0.3) is 0 Å². The largest absolute Gasteiger partial charge is 0.463 e. The van der Waals surface area contributed by atoms with Gasteiger partial charge in [0.05, 0.1) is 6.61 Å². The van der Waals surface area contributed by atoms with E-state index in [2.05, 4.69) is 6.92 Å². The Kier molecular flexibility index (Phi) is 19.0. The molecule has 4 heteroatoms. The Balaban J connectivity index is 3.13. The molecule has 1 amide bonds. The second-order valence-electron chi connectivity index (χ2n) is 7.21. The number of primary amides is 1. The zero-order chi connectivity index (χ0) is 19.3. The van der Waals surface area contributed by atoms with Crippen LogP contribution in [0.3, 0.4) is 0 Å². The first kappa shape index (κ1) is 24.7. The number of hydrogen-bond donors (Lipinski definition) is 1. The third-order valence-corrected chi connectivity index (χ3v) is 4.63. The van der Waals surface area contributed by atoms with Crippen LogP contribution in [-0.2, 0) is 14.3 Å². The fourth-order valence-electron chi connectivity index (χ4n) is 3.02. The van der Waals surface area contributed by atoms with E-state index < -0.39 is 11.9 Å². The van der Waals surface area contributed by atoms with Crippen LogP contribution in [0.4, 0.5) is 0 Å². The fourth-order valence-corrected chi connectivity index (χ4v) is 3.02. The van der Waals surface area contributed by atoms with Crippen molar-refractivity contribution in [2.24, 2.45) is 5.73 Å². The van der Waals surface area contributed by atoms with Crippen LogP contribution < -0.4 is 5.73 Å². The van der Waals surface area contributed by atoms with E-state index in [0.717, 1.165) is 25.0 Å². The lowest BCUT2D eigenvalue weighted by Crippen LogP contribution is -2.08. The van der Waals surface area contributed by atoms with Gasteiger partial charge < -0.3 is 10.5 Å². The molecule has 0 aliphatic heterocycles. The quantitative estimate of drug-likeness (QED) is 0.177. The van der Waals surface area contributed by atoms with Gasteiger partial charge in [-0.3, -0.25) is 4.79 Å². The summed E-state index contributed by atoms with van der Waals surface area (Å²) in [7, 11) is 0. The van der Waals surface area contributed by atoms with Gasteiger partial charge in [-0.1, -0.05) is 103 Å². The van der Waals surface area contributed by atoms with E-state index in [1.807, 2.05) is 0 Å². The minimum absolute atomic E-state index is 0.417. The molecule has 0 aliphatic rings. The molecule has 0 radical (unpaired) electrons. The highest BCUT2D eigenvalue weighted by molar-refractivity contribution is 5.93. The molecule has 0 rings (SSSR count). The SMILES string of the molecule is CCCCCCCCCCCCCCCCCCOC(=O)/C=C\C(N)=O. The van der Waals surface area contributed by atoms with Crippen LogP contribution in [-0.4, -0.2) is 18.5 Å². The van der Waals surface area contributed by atoms with Crippen LogP contribution >= 0.6 is 0 Å². The molecule has 0 aliphatic carbocycles. The zero-order valence-corrected chi connectivity index (χ0v) is 17.0. The average molecular weight is 368 g/mol. The first-order valence-corrected chi connectivity index (χ1v) is 10.8. The normalized spacial score (nSPS) is 11.1. The van der Waals surface area contributed by atoms with Crippen molar-refractivity contribution in [3.63, 3.8) is 0 Å². The van der Waals surface area contributed by atoms with Gasteiger partial charge in [0.2, 0.25) is 5.91 Å². The van der Waals surface area contributed by atoms with Crippen molar-refractivity contribution in [3.8, 4) is 0 Å². The van der Waals surface area contributed by atoms with Crippen LogP contribution in [0.25, 0.3) is 0 Å². The monoisotopic (exact) mass is 367 g/mol. The van der Waals surface area contributed by atoms with Crippen molar-refractivity contribution < 1.29 is 14.3 Å². The summed E-state index contributed by atoms with van der Waals surface area (Å²) in [5, 5.41) is 0. The molecule has 0 spiro atoms. The average Bonchev–Trinajstić information content (AvgIpc) is 2.62. The minimum atomic E-state index is -0.635. The lowest BCUT2D eigenvalue weighted by molar-refractivity contribution is -0.138. The number of rotatable bonds is 19. The van der Waals surface area contributed by atoms with E-state index in [4.69, 9.17) is 10.5 Å². The predicted octanol–water partition coefficient (Wildman–Crippen LogP) is 5.83. The molecule has 0 unspecified atom stereocenters. The van der Waals surface area contributed by atoms with Crippen molar-refractivity contribution in [2.45, 2.75) is 110 Å². The second kappa shape index (κ2) is 20.0. The van der Waals surface area contributed by atoms with Gasteiger partial charge in [-0.15, -0.1) is 0 Å². The summed E-state index contributed by atoms with van der Waals surface area (Å²) in [6, 6.07) is 0. The lowest BCUT2D eigenvalue weighted by Gasteiger charge is -2.04. The summed E-state index contributed by atoms with van der Waals surface area (Å²) >= 11 is 0. The smallest absolute Gasteiger partial charge is 0.330 e. The molecule has 0 aromatic heterocycles. The van der Waals surface area contributed by atoms with Crippen molar-refractivity contribution in [3.05, 3.63) is 12.2 Å². The lowest BCUT2D eigenvalue weighted by atomic mass is 10.0. The molecule has 0 saturated heterocycles. The second-order valence-corrected chi connectivity index (χ2v) is 7.21. The third kappa shape index (κ3) is 20.7. The van der Waals surface area contributed by atoms with E-state index in [1.165, 1.54) is 89.9 Å². The summed E-state index contributed by atoms with van der Waals surface area (Å²) < 4.78 is 4.98. The number of ether oxygens (including phenoxy) is 1. The number of nitrogens with two attached hydrogens (primary N) is 1. The molecule has 0 aromatic rings. The summed E-state index contributed by atoms with van der Waals surface area (Å²) in [6.07, 6.45) is 23.2. The van der Waals surface area contributed by atoms with E-state index in [1.54, 1.807) is 0 Å². The Labute approximate surface area is 160 Å². The van der Waals surface area contributed by atoms with Gasteiger partial charge in [0, 0.05) is 12.2 Å². The molecular weight excluding hydrogens is 326 g/mol. The Morgan fingerprint density at radius 3 is 1.42 bits per heavy atom. The Morgan fingerprint density at radius 2 is 1.04 bits per heavy atom. The molecule has 152 valence electrons. The maximum absolute atomic E-state index is 11.2. The third-order valence-electron chi connectivity index (χ3n) is 4.63. The van der Waals surface area contributed by atoms with Crippen LogP contribution in [0.1, 0.15) is 110 Å². The number of amides is 1. The maximum atomic E-state index is 11.2. The zero-order valence-electron chi connectivity index (χ0n) is 17.0. The number of unbranched alkanes of at least 4 members (excludes halogenated alkanes) is 15. The topological polar surface area (TPSA) is 69.4 Å². The Morgan fingerprint density at radius 1 is 0.654 bits per heavy atom. The van der Waals surface area contributed by atoms with Crippen LogP contribution in [0.15, 0.2) is 12.2 Å². The van der Waals surface area contributed by atoms with E-state index in [0.29, 0.717) is 6.61 Å². The van der Waals surface area contributed by atoms with Gasteiger partial charge >= 0.3 is 5.97 Å². The molecule has 0 heterocycles. The number of carbonyl (C=O) groups excluding carboxylic acids is 2. The highest BCUT2D eigenvalue weighted by Crippen LogP contribution is 2.13. The van der Waals surface area contributed by atoms with Gasteiger partial charge in [0.1, 0.15) is 0 Å². The Bertz CT molecular complexity index is 366. The molecule has 0 aromatic carbocycles. The maximum Gasteiger partial charge on any atom is 0.330 e. The Hall–Kier alpha value is -1.32. The van der Waals surface area contributed by atoms with E-state index in [-0.39, 0.29) is 0 Å². The molecule has 2 N–H and O–H groups in total. The van der Waals surface area contributed by atoms with Crippen molar-refractivity contribution in [2.75, 3.05) is 6.61 Å². The highest BCUT2D eigenvalue weighted by atomic mass is 16.5. The van der Waals surface area contributed by atoms with Crippen LogP contribution in [0.2, 0.25) is 0 Å². The first-order chi connectivity index (χ1) is 12.7. The molecule has 26 heavy (non-hydrogen) atoms. The van der Waals surface area contributed by atoms with Gasteiger partial charge in [-0.05, 0) is 6.42 Å². The highest BCUT2D eigenvalue weighted by Gasteiger charge is 1.98. The minimum Gasteiger partial charge on any atom is -0.463 e. The summed E-state index contributed by atoms with van der Waals surface area (Å²) in [5.74, 6) is -1.13. The van der Waals surface area contributed by atoms with E-state index in [9.17, 15) is 9.59 Å². The van der Waals surface area contributed by atoms with E-state index >= 15 is 0 Å². The number of carbonyl (C=O) groups is 2. The molecular formula is C22H41NO3. The van der Waals surface area contributed by atoms with Crippen molar-refractivity contribution in [1.82, 2.24) is 0 Å².